The Morgan fingerprint density at radius 3 is 2.47 bits per heavy atom. The number of hydrogen-bond acceptors (Lipinski definition) is 4. The van der Waals surface area contributed by atoms with Gasteiger partial charge >= 0.3 is 27.0 Å². The molecular weight excluding hydrogens is 357 g/mol. The SMILES string of the molecule is COCn1[c-]nc2c(Cl)nc([Si](C)(C)C)nc21.[Cl][Zn+]. The normalized spacial score (nSPS) is 11.4. The number of methoxy groups -OCH3 is 1. The average Bonchev–Trinajstić information content (AvgIpc) is 2.75. The zero-order chi connectivity index (χ0) is 14.6. The van der Waals surface area contributed by atoms with E-state index in [1.807, 2.05) is 0 Å². The van der Waals surface area contributed by atoms with Crippen molar-refractivity contribution in [2.45, 2.75) is 26.4 Å². The van der Waals surface area contributed by atoms with Crippen molar-refractivity contribution in [3.63, 3.8) is 0 Å². The number of nitrogens with zero attached hydrogens (tertiary/aromatic N) is 4. The Morgan fingerprint density at radius 2 is 1.95 bits per heavy atom. The molecule has 100 valence electrons. The van der Waals surface area contributed by atoms with E-state index in [9.17, 15) is 0 Å². The van der Waals surface area contributed by atoms with Crippen molar-refractivity contribution in [3.8, 4) is 0 Å². The fourth-order valence-corrected chi connectivity index (χ4v) is 2.58. The molecule has 0 spiro atoms. The van der Waals surface area contributed by atoms with Gasteiger partial charge in [-0.25, -0.2) is 4.98 Å². The van der Waals surface area contributed by atoms with Crippen molar-refractivity contribution < 1.29 is 22.0 Å². The van der Waals surface area contributed by atoms with Gasteiger partial charge in [-0.15, -0.1) is 0 Å². The third-order valence-corrected chi connectivity index (χ3v) is 4.12. The van der Waals surface area contributed by atoms with Crippen LogP contribution >= 0.6 is 21.3 Å². The summed E-state index contributed by atoms with van der Waals surface area (Å²) in [6.45, 7) is 6.87. The summed E-state index contributed by atoms with van der Waals surface area (Å²) < 4.78 is 6.76. The molecule has 0 unspecified atom stereocenters. The molecule has 19 heavy (non-hydrogen) atoms. The molecule has 0 saturated carbocycles. The molecule has 0 amide bonds. The van der Waals surface area contributed by atoms with E-state index in [2.05, 4.69) is 40.9 Å². The van der Waals surface area contributed by atoms with Crippen LogP contribution in [-0.2, 0) is 28.8 Å². The van der Waals surface area contributed by atoms with Crippen LogP contribution in [0.3, 0.4) is 0 Å². The van der Waals surface area contributed by atoms with Crippen LogP contribution in [0.25, 0.3) is 11.2 Å². The molecule has 0 fully saturated rings. The Balaban J connectivity index is 0.000000861. The first-order chi connectivity index (χ1) is 8.93. The number of hydrogen-bond donors (Lipinski definition) is 0. The Kier molecular flexibility index (Phi) is 6.33. The van der Waals surface area contributed by atoms with E-state index in [1.165, 1.54) is 0 Å². The predicted molar refractivity (Wildman–Crippen MR) is 75.0 cm³/mol. The second-order valence-electron chi connectivity index (χ2n) is 4.82. The molecule has 2 rings (SSSR count). The zero-order valence-electron chi connectivity index (χ0n) is 11.4. The molecule has 0 N–H and O–H groups in total. The zero-order valence-corrected chi connectivity index (χ0v) is 16.8. The molecule has 5 nitrogen and oxygen atoms in total. The van der Waals surface area contributed by atoms with Crippen LogP contribution in [0.2, 0.25) is 24.8 Å². The van der Waals surface area contributed by atoms with Crippen LogP contribution in [-0.4, -0.2) is 34.7 Å². The Morgan fingerprint density at radius 1 is 1.32 bits per heavy atom. The summed E-state index contributed by atoms with van der Waals surface area (Å²) in [5.74, 6) is 0. The Bertz CT molecular complexity index is 558. The van der Waals surface area contributed by atoms with Gasteiger partial charge in [0.25, 0.3) is 0 Å². The molecule has 0 radical (unpaired) electrons. The monoisotopic (exact) mass is 368 g/mol. The number of fused-ring (bicyclic) bond motifs is 1. The summed E-state index contributed by atoms with van der Waals surface area (Å²) >= 11 is 6.96. The van der Waals surface area contributed by atoms with Gasteiger partial charge in [0.1, 0.15) is 14.8 Å². The van der Waals surface area contributed by atoms with Crippen molar-refractivity contribution in [1.82, 2.24) is 19.5 Å². The first-order valence-corrected chi connectivity index (χ1v) is 13.3. The van der Waals surface area contributed by atoms with E-state index in [1.54, 1.807) is 11.7 Å². The Hall–Kier alpha value is -0.0697. The number of ether oxygens (including phenoxy) is 1. The van der Waals surface area contributed by atoms with E-state index in [0.29, 0.717) is 23.0 Å². The van der Waals surface area contributed by atoms with E-state index < -0.39 is 8.07 Å². The third-order valence-electron chi connectivity index (χ3n) is 2.29. The molecule has 0 saturated heterocycles. The second kappa shape index (κ2) is 7.09. The maximum atomic E-state index is 6.12. The van der Waals surface area contributed by atoms with Crippen LogP contribution in [0, 0.1) is 6.33 Å². The van der Waals surface area contributed by atoms with Gasteiger partial charge in [0.15, 0.2) is 0 Å². The summed E-state index contributed by atoms with van der Waals surface area (Å²) in [4.78, 5) is 12.9. The molecule has 2 aromatic heterocycles. The van der Waals surface area contributed by atoms with E-state index >= 15 is 0 Å². The van der Waals surface area contributed by atoms with Crippen LogP contribution < -0.4 is 5.45 Å². The van der Waals surface area contributed by atoms with Crippen LogP contribution in [0.4, 0.5) is 0 Å². The van der Waals surface area contributed by atoms with Gasteiger partial charge in [0.2, 0.25) is 0 Å². The number of halogens is 2. The minimum absolute atomic E-state index is 0.356. The summed E-state index contributed by atoms with van der Waals surface area (Å²) in [7, 11) is 4.77. The molecule has 0 aliphatic carbocycles. The fraction of sp³-hybridized carbons (Fsp3) is 0.500. The summed E-state index contributed by atoms with van der Waals surface area (Å²) in [6.07, 6.45) is 2.80. The van der Waals surface area contributed by atoms with Gasteiger partial charge in [-0.05, 0) is 5.52 Å². The fourth-order valence-electron chi connectivity index (χ4n) is 1.41. The topological polar surface area (TPSA) is 52.8 Å². The summed E-state index contributed by atoms with van der Waals surface area (Å²) in [6, 6.07) is 0. The quantitative estimate of drug-likeness (QED) is 0.472. The molecule has 0 bridgehead atoms. The van der Waals surface area contributed by atoms with Crippen molar-refractivity contribution in [2.24, 2.45) is 0 Å². The standard InChI is InChI=1S/C10H14ClN4OSi.ClH.Zn/c1-16-6-15-5-12-7-8(11)13-10(14-9(7)15)17(2,3)4;;/h6H2,1-4H3;1H;/q-1;;+2/p-1. The van der Waals surface area contributed by atoms with Gasteiger partial charge in [-0.1, -0.05) is 31.2 Å². The number of rotatable bonds is 3. The van der Waals surface area contributed by atoms with Crippen molar-refractivity contribution in [2.75, 3.05) is 7.11 Å². The summed E-state index contributed by atoms with van der Waals surface area (Å²) in [5, 5.41) is 0.388. The van der Waals surface area contributed by atoms with Gasteiger partial charge in [0, 0.05) is 19.1 Å². The summed E-state index contributed by atoms with van der Waals surface area (Å²) in [5.41, 5.74) is 2.08. The van der Waals surface area contributed by atoms with Crippen molar-refractivity contribution in [1.29, 1.82) is 0 Å². The van der Waals surface area contributed by atoms with Crippen molar-refractivity contribution >= 4 is 46.0 Å². The van der Waals surface area contributed by atoms with Gasteiger partial charge < -0.3 is 14.3 Å². The van der Waals surface area contributed by atoms with E-state index in [-0.39, 0.29) is 0 Å². The van der Waals surface area contributed by atoms with Gasteiger partial charge in [0.05, 0.1) is 10.6 Å². The predicted octanol–water partition coefficient (Wildman–Crippen LogP) is 2.12. The Labute approximate surface area is 132 Å². The molecule has 2 heterocycles. The van der Waals surface area contributed by atoms with Crippen LogP contribution in [0.15, 0.2) is 0 Å². The molecular formula is C10H14Cl2N4OSiZn. The average molecular weight is 371 g/mol. The van der Waals surface area contributed by atoms with Gasteiger partial charge in [-0.2, -0.15) is 0 Å². The molecule has 0 aliphatic heterocycles. The van der Waals surface area contributed by atoms with Gasteiger partial charge in [-0.3, -0.25) is 4.98 Å². The molecule has 0 aliphatic rings. The molecule has 9 heteroatoms. The molecule has 0 aromatic carbocycles. The van der Waals surface area contributed by atoms with Crippen molar-refractivity contribution in [3.05, 3.63) is 11.5 Å². The van der Waals surface area contributed by atoms with Crippen LogP contribution in [0.1, 0.15) is 0 Å². The molecule has 2 aromatic rings. The minimum atomic E-state index is -1.60. The van der Waals surface area contributed by atoms with E-state index in [0.717, 1.165) is 22.8 Å². The second-order valence-corrected chi connectivity index (χ2v) is 10.1. The number of imidazole rings is 1. The maximum absolute atomic E-state index is 6.12. The molecule has 0 atom stereocenters. The third kappa shape index (κ3) is 3.95. The number of aromatic nitrogens is 4. The first-order valence-electron chi connectivity index (χ1n) is 5.51. The first kappa shape index (κ1) is 17.0. The van der Waals surface area contributed by atoms with E-state index in [4.69, 9.17) is 26.0 Å². The van der Waals surface area contributed by atoms with Crippen LogP contribution in [0.5, 0.6) is 0 Å².